The van der Waals surface area contributed by atoms with E-state index in [1.165, 1.54) is 11.8 Å². The second-order valence-corrected chi connectivity index (χ2v) is 5.76. The first kappa shape index (κ1) is 15.5. The van der Waals surface area contributed by atoms with Gasteiger partial charge in [-0.2, -0.15) is 0 Å². The molecule has 1 aliphatic heterocycles. The number of hydrogen-bond donors (Lipinski definition) is 2. The SMILES string of the molecule is COCCCN=C1NNC(c2ccc(Cl)cc2Cl)=CS1. The van der Waals surface area contributed by atoms with Crippen molar-refractivity contribution in [1.29, 1.82) is 0 Å². The second kappa shape index (κ2) is 7.78. The van der Waals surface area contributed by atoms with Gasteiger partial charge in [0.1, 0.15) is 0 Å². The Morgan fingerprint density at radius 2 is 2.15 bits per heavy atom. The Hall–Kier alpha value is -0.880. The molecular weight excluding hydrogens is 317 g/mol. The minimum atomic E-state index is 0.610. The van der Waals surface area contributed by atoms with Gasteiger partial charge in [0, 0.05) is 36.3 Å². The molecule has 0 fully saturated rings. The zero-order valence-electron chi connectivity index (χ0n) is 11.0. The lowest BCUT2D eigenvalue weighted by Gasteiger charge is -2.19. The number of nitrogens with zero attached hydrogens (tertiary/aromatic N) is 1. The van der Waals surface area contributed by atoms with Crippen molar-refractivity contribution in [2.45, 2.75) is 6.42 Å². The number of nitrogens with one attached hydrogen (secondary N) is 2. The van der Waals surface area contributed by atoms with Crippen LogP contribution in [0.5, 0.6) is 0 Å². The second-order valence-electron chi connectivity index (χ2n) is 4.06. The summed E-state index contributed by atoms with van der Waals surface area (Å²) >= 11 is 13.6. The zero-order valence-corrected chi connectivity index (χ0v) is 13.3. The summed E-state index contributed by atoms with van der Waals surface area (Å²) in [5.74, 6) is 0. The monoisotopic (exact) mass is 331 g/mol. The third kappa shape index (κ3) is 4.31. The van der Waals surface area contributed by atoms with Gasteiger partial charge < -0.3 is 4.74 Å². The molecule has 0 saturated heterocycles. The molecule has 2 rings (SSSR count). The Morgan fingerprint density at radius 1 is 1.30 bits per heavy atom. The highest BCUT2D eigenvalue weighted by atomic mass is 35.5. The lowest BCUT2D eigenvalue weighted by Crippen LogP contribution is -2.37. The molecule has 0 radical (unpaired) electrons. The van der Waals surface area contributed by atoms with Crippen molar-refractivity contribution >= 4 is 45.8 Å². The molecular formula is C13H15Cl2N3OS. The van der Waals surface area contributed by atoms with Gasteiger partial charge in [0.05, 0.1) is 10.7 Å². The van der Waals surface area contributed by atoms with E-state index in [0.717, 1.165) is 36.0 Å². The zero-order chi connectivity index (χ0) is 14.4. The third-order valence-electron chi connectivity index (χ3n) is 2.58. The molecule has 1 heterocycles. The smallest absolute Gasteiger partial charge is 0.179 e. The molecule has 1 aromatic carbocycles. The molecule has 0 atom stereocenters. The number of hydrazine groups is 1. The third-order valence-corrected chi connectivity index (χ3v) is 3.93. The van der Waals surface area contributed by atoms with Crippen molar-refractivity contribution in [2.75, 3.05) is 20.3 Å². The highest BCUT2D eigenvalue weighted by Crippen LogP contribution is 2.28. The lowest BCUT2D eigenvalue weighted by atomic mass is 10.2. The van der Waals surface area contributed by atoms with E-state index < -0.39 is 0 Å². The largest absolute Gasteiger partial charge is 0.385 e. The number of aliphatic imine (C=N–C) groups is 1. The molecule has 0 spiro atoms. The Morgan fingerprint density at radius 3 is 2.80 bits per heavy atom. The molecule has 4 nitrogen and oxygen atoms in total. The number of thioether (sulfide) groups is 1. The molecule has 1 aliphatic rings. The van der Waals surface area contributed by atoms with Crippen LogP contribution in [0.1, 0.15) is 12.0 Å². The van der Waals surface area contributed by atoms with Crippen LogP contribution in [-0.4, -0.2) is 25.4 Å². The standard InChI is InChI=1S/C13H15Cl2N3OS/c1-19-6-2-5-16-13-18-17-12(8-20-13)10-4-3-9(14)7-11(10)15/h3-4,7-8,17H,2,5-6H2,1H3,(H,16,18). The number of halogens is 2. The predicted octanol–water partition coefficient (Wildman–Crippen LogP) is 3.53. The normalized spacial score (nSPS) is 16.6. The fraction of sp³-hybridized carbons (Fsp3) is 0.308. The van der Waals surface area contributed by atoms with Crippen LogP contribution in [-0.2, 0) is 4.74 Å². The van der Waals surface area contributed by atoms with Crippen LogP contribution in [0, 0.1) is 0 Å². The van der Waals surface area contributed by atoms with Gasteiger partial charge in [-0.25, -0.2) is 0 Å². The summed E-state index contributed by atoms with van der Waals surface area (Å²) in [4.78, 5) is 4.41. The first-order chi connectivity index (χ1) is 9.70. The highest BCUT2D eigenvalue weighted by Gasteiger charge is 2.12. The Labute approximate surface area is 132 Å². The summed E-state index contributed by atoms with van der Waals surface area (Å²) in [6, 6.07) is 5.41. The van der Waals surface area contributed by atoms with Gasteiger partial charge in [-0.1, -0.05) is 35.0 Å². The summed E-state index contributed by atoms with van der Waals surface area (Å²) in [5, 5.41) is 4.03. The van der Waals surface area contributed by atoms with Crippen LogP contribution in [0.15, 0.2) is 28.6 Å². The van der Waals surface area contributed by atoms with Crippen LogP contribution in [0.25, 0.3) is 5.70 Å². The van der Waals surface area contributed by atoms with Gasteiger partial charge in [-0.05, 0) is 24.6 Å². The first-order valence-electron chi connectivity index (χ1n) is 6.08. The van der Waals surface area contributed by atoms with Crippen molar-refractivity contribution < 1.29 is 4.74 Å². The molecule has 0 amide bonds. The fourth-order valence-electron chi connectivity index (χ4n) is 1.60. The van der Waals surface area contributed by atoms with E-state index in [1.54, 1.807) is 13.2 Å². The van der Waals surface area contributed by atoms with E-state index in [9.17, 15) is 0 Å². The fourth-order valence-corrected chi connectivity index (χ4v) is 2.80. The molecule has 1 aromatic rings. The minimum absolute atomic E-state index is 0.610. The maximum Gasteiger partial charge on any atom is 0.179 e. The van der Waals surface area contributed by atoms with Gasteiger partial charge in [-0.15, -0.1) is 0 Å². The van der Waals surface area contributed by atoms with Gasteiger partial charge in [0.15, 0.2) is 5.17 Å². The molecule has 0 aliphatic carbocycles. The van der Waals surface area contributed by atoms with E-state index in [4.69, 9.17) is 27.9 Å². The lowest BCUT2D eigenvalue weighted by molar-refractivity contribution is 0.197. The molecule has 0 bridgehead atoms. The number of rotatable bonds is 5. The number of amidine groups is 1. The molecule has 0 unspecified atom stereocenters. The summed E-state index contributed by atoms with van der Waals surface area (Å²) in [5.41, 5.74) is 7.93. The Kier molecular flexibility index (Phi) is 6.04. The van der Waals surface area contributed by atoms with Crippen molar-refractivity contribution in [3.63, 3.8) is 0 Å². The van der Waals surface area contributed by atoms with E-state index in [0.29, 0.717) is 10.0 Å². The average molecular weight is 332 g/mol. The van der Waals surface area contributed by atoms with Crippen LogP contribution < -0.4 is 10.9 Å². The summed E-state index contributed by atoms with van der Waals surface area (Å²) in [7, 11) is 1.69. The van der Waals surface area contributed by atoms with E-state index in [2.05, 4.69) is 15.8 Å². The van der Waals surface area contributed by atoms with Gasteiger partial charge in [0.2, 0.25) is 0 Å². The molecule has 7 heteroatoms. The van der Waals surface area contributed by atoms with Gasteiger partial charge in [-0.3, -0.25) is 15.8 Å². The molecule has 2 N–H and O–H groups in total. The molecule has 0 aromatic heterocycles. The first-order valence-corrected chi connectivity index (χ1v) is 7.72. The molecule has 108 valence electrons. The number of hydrogen-bond acceptors (Lipinski definition) is 4. The van der Waals surface area contributed by atoms with E-state index >= 15 is 0 Å². The van der Waals surface area contributed by atoms with Crippen molar-refractivity contribution in [3.8, 4) is 0 Å². The van der Waals surface area contributed by atoms with Crippen molar-refractivity contribution in [2.24, 2.45) is 4.99 Å². The summed E-state index contributed by atoms with van der Waals surface area (Å²) in [6.45, 7) is 1.45. The van der Waals surface area contributed by atoms with Gasteiger partial charge >= 0.3 is 0 Å². The highest BCUT2D eigenvalue weighted by molar-refractivity contribution is 8.16. The maximum absolute atomic E-state index is 6.17. The average Bonchev–Trinajstić information content (AvgIpc) is 2.45. The van der Waals surface area contributed by atoms with Gasteiger partial charge in [0.25, 0.3) is 0 Å². The van der Waals surface area contributed by atoms with Crippen LogP contribution in [0.3, 0.4) is 0 Å². The van der Waals surface area contributed by atoms with Crippen molar-refractivity contribution in [3.05, 3.63) is 39.2 Å². The molecule has 0 saturated carbocycles. The summed E-state index contributed by atoms with van der Waals surface area (Å²) in [6.07, 6.45) is 0.905. The number of ether oxygens (including phenoxy) is 1. The van der Waals surface area contributed by atoms with Crippen LogP contribution >= 0.6 is 35.0 Å². The molecule has 20 heavy (non-hydrogen) atoms. The maximum atomic E-state index is 6.17. The topological polar surface area (TPSA) is 45.6 Å². The Balaban J connectivity index is 1.98. The van der Waals surface area contributed by atoms with Crippen molar-refractivity contribution in [1.82, 2.24) is 10.9 Å². The predicted molar refractivity (Wildman–Crippen MR) is 87.1 cm³/mol. The number of methoxy groups -OCH3 is 1. The number of benzene rings is 1. The minimum Gasteiger partial charge on any atom is -0.385 e. The van der Waals surface area contributed by atoms with Crippen LogP contribution in [0.4, 0.5) is 0 Å². The van der Waals surface area contributed by atoms with E-state index in [-0.39, 0.29) is 0 Å². The quantitative estimate of drug-likeness (QED) is 0.810. The summed E-state index contributed by atoms with van der Waals surface area (Å²) < 4.78 is 4.98. The van der Waals surface area contributed by atoms with E-state index in [1.807, 2.05) is 17.5 Å². The van der Waals surface area contributed by atoms with Crippen LogP contribution in [0.2, 0.25) is 10.0 Å². The Bertz CT molecular complexity index is 534.